The van der Waals surface area contributed by atoms with Gasteiger partial charge in [0.05, 0.1) is 0 Å². The molecule has 2 aromatic rings. The second-order valence-electron chi connectivity index (χ2n) is 4.55. The van der Waals surface area contributed by atoms with Gasteiger partial charge in [0.2, 0.25) is 5.82 Å². The monoisotopic (exact) mass is 257 g/mol. The van der Waals surface area contributed by atoms with Crippen molar-refractivity contribution in [1.82, 2.24) is 25.1 Å². The van der Waals surface area contributed by atoms with E-state index >= 15 is 0 Å². The number of aromatic amines is 1. The molecule has 0 radical (unpaired) electrons. The highest BCUT2D eigenvalue weighted by atomic mass is 16.2. The summed E-state index contributed by atoms with van der Waals surface area (Å²) < 4.78 is 0. The number of fused-ring (bicyclic) bond motifs is 1. The van der Waals surface area contributed by atoms with Crippen LogP contribution in [-0.2, 0) is 19.4 Å². The van der Waals surface area contributed by atoms with Gasteiger partial charge in [-0.1, -0.05) is 13.0 Å². The standard InChI is InChI=1S/C13H15N5O/c1-2-11-15-12(17-16-11)13(19)18-7-5-10-9(8-18)4-3-6-14-10/h3-4,6H,2,5,7-8H2,1H3,(H,15,16,17). The molecule has 19 heavy (non-hydrogen) atoms. The third-order valence-electron chi connectivity index (χ3n) is 3.31. The topological polar surface area (TPSA) is 74.8 Å². The van der Waals surface area contributed by atoms with Crippen molar-refractivity contribution in [1.29, 1.82) is 0 Å². The first-order valence-electron chi connectivity index (χ1n) is 6.41. The molecule has 0 atom stereocenters. The minimum atomic E-state index is -0.120. The van der Waals surface area contributed by atoms with Gasteiger partial charge < -0.3 is 4.90 Å². The van der Waals surface area contributed by atoms with E-state index in [9.17, 15) is 4.79 Å². The first kappa shape index (κ1) is 11.8. The second-order valence-corrected chi connectivity index (χ2v) is 4.55. The SMILES string of the molecule is CCc1nc(C(=O)N2CCc3ncccc3C2)n[nH]1. The van der Waals surface area contributed by atoms with Gasteiger partial charge in [-0.15, -0.1) is 5.10 Å². The summed E-state index contributed by atoms with van der Waals surface area (Å²) in [6.07, 6.45) is 3.32. The van der Waals surface area contributed by atoms with Crippen LogP contribution in [0.3, 0.4) is 0 Å². The van der Waals surface area contributed by atoms with Gasteiger partial charge in [0.15, 0.2) is 0 Å². The van der Waals surface area contributed by atoms with Crippen LogP contribution in [0, 0.1) is 0 Å². The van der Waals surface area contributed by atoms with Crippen LogP contribution >= 0.6 is 0 Å². The maximum atomic E-state index is 12.3. The molecule has 1 aliphatic rings. The largest absolute Gasteiger partial charge is 0.331 e. The average molecular weight is 257 g/mol. The fraction of sp³-hybridized carbons (Fsp3) is 0.385. The molecule has 2 aromatic heterocycles. The number of hydrogen-bond acceptors (Lipinski definition) is 4. The number of aromatic nitrogens is 4. The summed E-state index contributed by atoms with van der Waals surface area (Å²) >= 11 is 0. The minimum Gasteiger partial charge on any atom is -0.331 e. The molecule has 0 unspecified atom stereocenters. The van der Waals surface area contributed by atoms with E-state index < -0.39 is 0 Å². The van der Waals surface area contributed by atoms with Gasteiger partial charge in [0, 0.05) is 37.8 Å². The number of pyridine rings is 1. The lowest BCUT2D eigenvalue weighted by Crippen LogP contribution is -2.36. The van der Waals surface area contributed by atoms with E-state index in [-0.39, 0.29) is 11.7 Å². The van der Waals surface area contributed by atoms with Crippen LogP contribution in [0.25, 0.3) is 0 Å². The van der Waals surface area contributed by atoms with Gasteiger partial charge in [0.25, 0.3) is 5.91 Å². The smallest absolute Gasteiger partial charge is 0.293 e. The van der Waals surface area contributed by atoms with Crippen LogP contribution in [0.1, 0.15) is 34.6 Å². The van der Waals surface area contributed by atoms with Gasteiger partial charge in [-0.3, -0.25) is 14.9 Å². The molecule has 6 heteroatoms. The highest BCUT2D eigenvalue weighted by molar-refractivity contribution is 5.90. The summed E-state index contributed by atoms with van der Waals surface area (Å²) in [6, 6.07) is 3.91. The molecule has 0 saturated heterocycles. The molecule has 0 fully saturated rings. The fourth-order valence-electron chi connectivity index (χ4n) is 2.23. The van der Waals surface area contributed by atoms with Crippen LogP contribution in [0.2, 0.25) is 0 Å². The lowest BCUT2D eigenvalue weighted by molar-refractivity contribution is 0.0721. The van der Waals surface area contributed by atoms with E-state index in [4.69, 9.17) is 0 Å². The zero-order valence-corrected chi connectivity index (χ0v) is 10.8. The summed E-state index contributed by atoms with van der Waals surface area (Å²) in [5.74, 6) is 0.872. The van der Waals surface area contributed by atoms with Crippen molar-refractivity contribution in [3.8, 4) is 0 Å². The summed E-state index contributed by atoms with van der Waals surface area (Å²) in [7, 11) is 0. The van der Waals surface area contributed by atoms with Gasteiger partial charge in [-0.25, -0.2) is 4.98 Å². The van der Waals surface area contributed by atoms with E-state index in [1.165, 1.54) is 0 Å². The summed E-state index contributed by atoms with van der Waals surface area (Å²) in [6.45, 7) is 3.22. The van der Waals surface area contributed by atoms with Gasteiger partial charge >= 0.3 is 0 Å². The average Bonchev–Trinajstić information content (AvgIpc) is 2.95. The lowest BCUT2D eigenvalue weighted by Gasteiger charge is -2.27. The number of hydrogen-bond donors (Lipinski definition) is 1. The van der Waals surface area contributed by atoms with Crippen LogP contribution < -0.4 is 0 Å². The number of H-pyrrole nitrogens is 1. The van der Waals surface area contributed by atoms with Crippen molar-refractivity contribution < 1.29 is 4.79 Å². The Labute approximate surface area is 110 Å². The number of carbonyl (C=O) groups excluding carboxylic acids is 1. The third kappa shape index (κ3) is 2.21. The zero-order chi connectivity index (χ0) is 13.2. The quantitative estimate of drug-likeness (QED) is 0.869. The highest BCUT2D eigenvalue weighted by Crippen LogP contribution is 2.17. The van der Waals surface area contributed by atoms with E-state index in [1.54, 1.807) is 11.1 Å². The van der Waals surface area contributed by atoms with Crippen LogP contribution in [-0.4, -0.2) is 37.5 Å². The van der Waals surface area contributed by atoms with E-state index in [0.29, 0.717) is 13.1 Å². The van der Waals surface area contributed by atoms with E-state index in [1.807, 2.05) is 19.1 Å². The molecule has 1 aliphatic heterocycles. The molecule has 98 valence electrons. The van der Waals surface area contributed by atoms with Crippen molar-refractivity contribution in [3.63, 3.8) is 0 Å². The number of nitrogens with zero attached hydrogens (tertiary/aromatic N) is 4. The third-order valence-corrected chi connectivity index (χ3v) is 3.31. The Kier molecular flexibility index (Phi) is 2.98. The predicted octanol–water partition coefficient (Wildman–Crippen LogP) is 0.961. The number of nitrogens with one attached hydrogen (secondary N) is 1. The van der Waals surface area contributed by atoms with Gasteiger partial charge in [-0.05, 0) is 11.6 Å². The van der Waals surface area contributed by atoms with Crippen LogP contribution in [0.15, 0.2) is 18.3 Å². The van der Waals surface area contributed by atoms with Crippen molar-refractivity contribution in [3.05, 3.63) is 41.2 Å². The number of carbonyl (C=O) groups is 1. The first-order chi connectivity index (χ1) is 9.28. The van der Waals surface area contributed by atoms with Crippen molar-refractivity contribution >= 4 is 5.91 Å². The summed E-state index contributed by atoms with van der Waals surface area (Å²) in [4.78, 5) is 22.6. The molecule has 0 spiro atoms. The maximum Gasteiger partial charge on any atom is 0.293 e. The van der Waals surface area contributed by atoms with E-state index in [0.717, 1.165) is 29.9 Å². The fourth-order valence-corrected chi connectivity index (χ4v) is 2.23. The molecule has 1 N–H and O–H groups in total. The number of aryl methyl sites for hydroxylation is 1. The van der Waals surface area contributed by atoms with Gasteiger partial charge in [-0.2, -0.15) is 0 Å². The normalized spacial score (nSPS) is 14.3. The van der Waals surface area contributed by atoms with Crippen LogP contribution in [0.4, 0.5) is 0 Å². The molecule has 1 amide bonds. The Morgan fingerprint density at radius 3 is 3.21 bits per heavy atom. The highest BCUT2D eigenvalue weighted by Gasteiger charge is 2.24. The molecule has 0 bridgehead atoms. The Morgan fingerprint density at radius 2 is 2.42 bits per heavy atom. The summed E-state index contributed by atoms with van der Waals surface area (Å²) in [5.41, 5.74) is 2.18. The number of rotatable bonds is 2. The lowest BCUT2D eigenvalue weighted by atomic mass is 10.1. The number of amides is 1. The molecule has 0 saturated carbocycles. The molecule has 0 aliphatic carbocycles. The summed E-state index contributed by atoms with van der Waals surface area (Å²) in [5, 5.41) is 6.75. The molecule has 0 aromatic carbocycles. The zero-order valence-electron chi connectivity index (χ0n) is 10.8. The van der Waals surface area contributed by atoms with Crippen molar-refractivity contribution in [2.45, 2.75) is 26.3 Å². The van der Waals surface area contributed by atoms with Crippen LogP contribution in [0.5, 0.6) is 0 Å². The van der Waals surface area contributed by atoms with Crippen molar-refractivity contribution in [2.75, 3.05) is 6.54 Å². The molecule has 3 heterocycles. The molecule has 6 nitrogen and oxygen atoms in total. The Balaban J connectivity index is 1.79. The second kappa shape index (κ2) is 4.79. The Bertz CT molecular complexity index is 607. The first-order valence-corrected chi connectivity index (χ1v) is 6.41. The molecular weight excluding hydrogens is 242 g/mol. The molecular formula is C13H15N5O. The maximum absolute atomic E-state index is 12.3. The molecule has 3 rings (SSSR count). The van der Waals surface area contributed by atoms with Gasteiger partial charge in [0.1, 0.15) is 5.82 Å². The minimum absolute atomic E-state index is 0.120. The predicted molar refractivity (Wildman–Crippen MR) is 68.4 cm³/mol. The van der Waals surface area contributed by atoms with Crippen molar-refractivity contribution in [2.24, 2.45) is 0 Å². The van der Waals surface area contributed by atoms with E-state index in [2.05, 4.69) is 20.2 Å². The Morgan fingerprint density at radius 1 is 1.53 bits per heavy atom. The Hall–Kier alpha value is -2.24.